The van der Waals surface area contributed by atoms with Gasteiger partial charge in [0.15, 0.2) is 0 Å². The van der Waals surface area contributed by atoms with Crippen LogP contribution in [0.1, 0.15) is 13.3 Å². The van der Waals surface area contributed by atoms with Crippen molar-refractivity contribution in [2.45, 2.75) is 19.4 Å². The number of amides is 1. The quantitative estimate of drug-likeness (QED) is 0.730. The Labute approximate surface area is 93.7 Å². The van der Waals surface area contributed by atoms with Crippen molar-refractivity contribution in [1.29, 1.82) is 0 Å². The molecule has 0 radical (unpaired) electrons. The summed E-state index contributed by atoms with van der Waals surface area (Å²) in [6, 6.07) is -0.195. The number of aliphatic carboxylic acids is 1. The molecule has 5 heteroatoms. The van der Waals surface area contributed by atoms with Gasteiger partial charge in [-0.2, -0.15) is 0 Å². The molecule has 3 atom stereocenters. The number of carbonyl (C=O) groups excluding carboxylic acids is 1. The highest BCUT2D eigenvalue weighted by Gasteiger charge is 2.65. The van der Waals surface area contributed by atoms with Gasteiger partial charge in [-0.05, 0) is 6.42 Å². The largest absolute Gasteiger partial charge is 0.481 e. The van der Waals surface area contributed by atoms with Gasteiger partial charge in [-0.25, -0.2) is 4.79 Å². The molecule has 3 aliphatic rings. The van der Waals surface area contributed by atoms with E-state index >= 15 is 0 Å². The Kier molecular flexibility index (Phi) is 2.40. The molecule has 0 aromatic rings. The molecule has 0 spiro atoms. The van der Waals surface area contributed by atoms with Crippen LogP contribution in [-0.2, 0) is 9.53 Å². The summed E-state index contributed by atoms with van der Waals surface area (Å²) in [5.41, 5.74) is -0.274. The van der Waals surface area contributed by atoms with Crippen LogP contribution < -0.4 is 0 Å². The Morgan fingerprint density at radius 3 is 2.88 bits per heavy atom. The van der Waals surface area contributed by atoms with Gasteiger partial charge in [0.05, 0.1) is 5.92 Å². The highest BCUT2D eigenvalue weighted by Crippen LogP contribution is 2.56. The van der Waals surface area contributed by atoms with Crippen LogP contribution in [0.25, 0.3) is 0 Å². The molecular weight excluding hydrogens is 210 g/mol. The normalized spacial score (nSPS) is 35.4. The number of hydrogen-bond acceptors (Lipinski definition) is 3. The Bertz CT molecular complexity index is 354. The first kappa shape index (κ1) is 11.0. The lowest BCUT2D eigenvalue weighted by Gasteiger charge is -2.40. The third-order valence-corrected chi connectivity index (χ3v) is 3.57. The van der Waals surface area contributed by atoms with Gasteiger partial charge in [0.25, 0.3) is 0 Å². The SMILES string of the molecule is C=CCOC(=O)N1C[C@@]2(C)C[C@@H]1[C@H]2C(=O)O. The van der Waals surface area contributed by atoms with Gasteiger partial charge in [0, 0.05) is 18.0 Å². The second-order valence-electron chi connectivity index (χ2n) is 4.73. The van der Waals surface area contributed by atoms with E-state index in [0.29, 0.717) is 6.54 Å². The minimum absolute atomic E-state index is 0.163. The van der Waals surface area contributed by atoms with E-state index in [2.05, 4.69) is 6.58 Å². The van der Waals surface area contributed by atoms with Gasteiger partial charge >= 0.3 is 12.1 Å². The summed E-state index contributed by atoms with van der Waals surface area (Å²) in [4.78, 5) is 24.2. The van der Waals surface area contributed by atoms with Gasteiger partial charge in [0.1, 0.15) is 6.61 Å². The average molecular weight is 225 g/mol. The van der Waals surface area contributed by atoms with Crippen molar-refractivity contribution in [3.05, 3.63) is 12.7 Å². The molecule has 2 saturated heterocycles. The zero-order valence-electron chi connectivity index (χ0n) is 9.18. The van der Waals surface area contributed by atoms with Crippen LogP contribution in [0.3, 0.4) is 0 Å². The molecule has 0 aromatic heterocycles. The third kappa shape index (κ3) is 1.38. The maximum Gasteiger partial charge on any atom is 0.410 e. The monoisotopic (exact) mass is 225 g/mol. The second kappa shape index (κ2) is 3.50. The fourth-order valence-electron chi connectivity index (χ4n) is 2.86. The van der Waals surface area contributed by atoms with Crippen LogP contribution in [0.4, 0.5) is 4.79 Å². The molecule has 1 saturated carbocycles. The first-order valence-corrected chi connectivity index (χ1v) is 5.27. The topological polar surface area (TPSA) is 66.8 Å². The van der Waals surface area contributed by atoms with Crippen LogP contribution in [0.5, 0.6) is 0 Å². The van der Waals surface area contributed by atoms with Crippen molar-refractivity contribution < 1.29 is 19.4 Å². The Morgan fingerprint density at radius 1 is 1.69 bits per heavy atom. The Hall–Kier alpha value is -1.52. The molecule has 2 heterocycles. The molecule has 2 aliphatic heterocycles. The highest BCUT2D eigenvalue weighted by molar-refractivity contribution is 5.78. The summed E-state index contributed by atoms with van der Waals surface area (Å²) in [5.74, 6) is -1.26. The molecule has 0 aromatic carbocycles. The summed E-state index contributed by atoms with van der Waals surface area (Å²) < 4.78 is 4.92. The fraction of sp³-hybridized carbons (Fsp3) is 0.636. The number of ether oxygens (including phenoxy) is 1. The predicted octanol–water partition coefficient (Wildman–Crippen LogP) is 1.10. The van der Waals surface area contributed by atoms with E-state index < -0.39 is 18.0 Å². The zero-order chi connectivity index (χ0) is 11.9. The number of carbonyl (C=O) groups is 2. The molecule has 2 bridgehead atoms. The lowest BCUT2D eigenvalue weighted by atomic mass is 9.62. The van der Waals surface area contributed by atoms with E-state index in [4.69, 9.17) is 9.84 Å². The molecule has 16 heavy (non-hydrogen) atoms. The fourth-order valence-corrected chi connectivity index (χ4v) is 2.86. The van der Waals surface area contributed by atoms with Gasteiger partial charge in [0.2, 0.25) is 0 Å². The molecule has 5 nitrogen and oxygen atoms in total. The smallest absolute Gasteiger partial charge is 0.410 e. The summed E-state index contributed by atoms with van der Waals surface area (Å²) in [6.45, 7) is 6.00. The lowest BCUT2D eigenvalue weighted by Crippen LogP contribution is -2.50. The maximum absolute atomic E-state index is 11.6. The third-order valence-electron chi connectivity index (χ3n) is 3.57. The molecule has 1 aliphatic carbocycles. The van der Waals surface area contributed by atoms with Gasteiger partial charge < -0.3 is 14.7 Å². The van der Waals surface area contributed by atoms with E-state index in [-0.39, 0.29) is 18.1 Å². The van der Waals surface area contributed by atoms with Crippen molar-refractivity contribution in [2.75, 3.05) is 13.2 Å². The van der Waals surface area contributed by atoms with E-state index in [1.165, 1.54) is 11.0 Å². The molecule has 0 unspecified atom stereocenters. The summed E-state index contributed by atoms with van der Waals surface area (Å²) in [6.07, 6.45) is 1.82. The molecule has 1 N–H and O–H groups in total. The second-order valence-corrected chi connectivity index (χ2v) is 4.73. The zero-order valence-corrected chi connectivity index (χ0v) is 9.18. The van der Waals surface area contributed by atoms with Gasteiger partial charge in [-0.3, -0.25) is 4.79 Å². The van der Waals surface area contributed by atoms with E-state index in [0.717, 1.165) is 6.42 Å². The van der Waals surface area contributed by atoms with Gasteiger partial charge in [-0.15, -0.1) is 0 Å². The number of rotatable bonds is 3. The summed E-state index contributed by atoms with van der Waals surface area (Å²) in [7, 11) is 0. The van der Waals surface area contributed by atoms with Gasteiger partial charge in [-0.1, -0.05) is 19.6 Å². The first-order chi connectivity index (χ1) is 7.49. The predicted molar refractivity (Wildman–Crippen MR) is 55.9 cm³/mol. The van der Waals surface area contributed by atoms with Crippen molar-refractivity contribution in [1.82, 2.24) is 4.90 Å². The standard InChI is InChI=1S/C11H15NO4/c1-3-4-16-10(15)12-6-11(2)5-7(12)8(11)9(13)14/h3,7-8H,1,4-6H2,2H3,(H,13,14)/t7-,8+,11-/m1/s1. The molecule has 88 valence electrons. The Morgan fingerprint density at radius 2 is 2.38 bits per heavy atom. The number of nitrogens with zero attached hydrogens (tertiary/aromatic N) is 1. The van der Waals surface area contributed by atoms with Crippen LogP contribution in [-0.4, -0.2) is 41.3 Å². The summed E-state index contributed by atoms with van der Waals surface area (Å²) in [5, 5.41) is 9.06. The average Bonchev–Trinajstić information content (AvgIpc) is 2.65. The molecule has 3 rings (SSSR count). The van der Waals surface area contributed by atoms with E-state index in [1.807, 2.05) is 6.92 Å². The number of fused-ring (bicyclic) bond motifs is 1. The maximum atomic E-state index is 11.6. The van der Waals surface area contributed by atoms with Crippen molar-refractivity contribution in [3.63, 3.8) is 0 Å². The molecular formula is C11H15NO4. The number of carboxylic acids is 1. The van der Waals surface area contributed by atoms with E-state index in [1.54, 1.807) is 0 Å². The van der Waals surface area contributed by atoms with Crippen molar-refractivity contribution in [2.24, 2.45) is 11.3 Å². The van der Waals surface area contributed by atoms with Crippen LogP contribution >= 0.6 is 0 Å². The number of hydrogen-bond donors (Lipinski definition) is 1. The van der Waals surface area contributed by atoms with Crippen LogP contribution in [0.15, 0.2) is 12.7 Å². The minimum atomic E-state index is -0.822. The van der Waals surface area contributed by atoms with Crippen molar-refractivity contribution in [3.8, 4) is 0 Å². The van der Waals surface area contributed by atoms with E-state index in [9.17, 15) is 9.59 Å². The Balaban J connectivity index is 2.04. The first-order valence-electron chi connectivity index (χ1n) is 5.27. The van der Waals surface area contributed by atoms with Crippen LogP contribution in [0, 0.1) is 11.3 Å². The van der Waals surface area contributed by atoms with Crippen molar-refractivity contribution >= 4 is 12.1 Å². The molecule has 1 amide bonds. The minimum Gasteiger partial charge on any atom is -0.481 e. The summed E-state index contributed by atoms with van der Waals surface area (Å²) >= 11 is 0. The lowest BCUT2D eigenvalue weighted by molar-refractivity contribution is -0.151. The molecule has 3 fully saturated rings. The van der Waals surface area contributed by atoms with Crippen LogP contribution in [0.2, 0.25) is 0 Å². The number of carboxylic acid groups (broad SMARTS) is 1. The highest BCUT2D eigenvalue weighted by atomic mass is 16.6.